The molecular weight excluding hydrogens is 266 g/mol. The SMILES string of the molecule is CCCCCCCCC(=O)N(O)C(OC)c1ccccc1. The van der Waals surface area contributed by atoms with Crippen LogP contribution in [0, 0.1) is 0 Å². The largest absolute Gasteiger partial charge is 0.355 e. The van der Waals surface area contributed by atoms with Crippen molar-refractivity contribution >= 4 is 5.91 Å². The van der Waals surface area contributed by atoms with E-state index in [0.717, 1.165) is 24.8 Å². The van der Waals surface area contributed by atoms with Crippen molar-refractivity contribution in [3.05, 3.63) is 35.9 Å². The highest BCUT2D eigenvalue weighted by Crippen LogP contribution is 2.21. The molecule has 0 saturated heterocycles. The van der Waals surface area contributed by atoms with Crippen LogP contribution in [0.25, 0.3) is 0 Å². The summed E-state index contributed by atoms with van der Waals surface area (Å²) in [6.45, 7) is 2.18. The van der Waals surface area contributed by atoms with Crippen LogP contribution in [0.1, 0.15) is 63.7 Å². The van der Waals surface area contributed by atoms with Crippen molar-refractivity contribution in [1.82, 2.24) is 5.06 Å². The average molecular weight is 293 g/mol. The second-order valence-electron chi connectivity index (χ2n) is 5.25. The number of nitrogens with zero attached hydrogens (tertiary/aromatic N) is 1. The predicted molar refractivity (Wildman–Crippen MR) is 82.8 cm³/mol. The lowest BCUT2D eigenvalue weighted by Gasteiger charge is -2.25. The molecule has 1 aromatic rings. The summed E-state index contributed by atoms with van der Waals surface area (Å²) >= 11 is 0. The molecule has 118 valence electrons. The zero-order valence-electron chi connectivity index (χ0n) is 13.1. The van der Waals surface area contributed by atoms with E-state index in [9.17, 15) is 10.0 Å². The van der Waals surface area contributed by atoms with Gasteiger partial charge in [-0.2, -0.15) is 5.06 Å². The van der Waals surface area contributed by atoms with Gasteiger partial charge >= 0.3 is 0 Å². The van der Waals surface area contributed by atoms with Crippen molar-refractivity contribution in [2.24, 2.45) is 0 Å². The monoisotopic (exact) mass is 293 g/mol. The van der Waals surface area contributed by atoms with Gasteiger partial charge in [0, 0.05) is 19.1 Å². The van der Waals surface area contributed by atoms with Gasteiger partial charge in [-0.1, -0.05) is 69.4 Å². The highest BCUT2D eigenvalue weighted by molar-refractivity contribution is 5.75. The molecule has 0 aliphatic rings. The fourth-order valence-electron chi connectivity index (χ4n) is 2.30. The van der Waals surface area contributed by atoms with E-state index >= 15 is 0 Å². The minimum absolute atomic E-state index is 0.291. The molecule has 0 heterocycles. The van der Waals surface area contributed by atoms with Crippen molar-refractivity contribution in [3.63, 3.8) is 0 Å². The Bertz CT molecular complexity index is 394. The standard InChI is InChI=1S/C17H27NO3/c1-3-4-5-6-7-11-14-16(19)18(20)17(21-2)15-12-9-8-10-13-15/h8-10,12-13,17,20H,3-7,11,14H2,1-2H3. The van der Waals surface area contributed by atoms with Gasteiger partial charge in [0.05, 0.1) is 0 Å². The molecule has 0 fully saturated rings. The molecule has 1 rings (SSSR count). The van der Waals surface area contributed by atoms with E-state index in [1.807, 2.05) is 30.3 Å². The zero-order chi connectivity index (χ0) is 15.5. The Labute approximate surface area is 127 Å². The number of hydroxylamine groups is 2. The lowest BCUT2D eigenvalue weighted by molar-refractivity contribution is -0.215. The number of rotatable bonds is 10. The van der Waals surface area contributed by atoms with E-state index in [1.54, 1.807) is 0 Å². The number of carbonyl (C=O) groups excluding carboxylic acids is 1. The van der Waals surface area contributed by atoms with Crippen molar-refractivity contribution < 1.29 is 14.7 Å². The number of hydrogen-bond acceptors (Lipinski definition) is 3. The van der Waals surface area contributed by atoms with Crippen LogP contribution in [-0.2, 0) is 9.53 Å². The quantitative estimate of drug-likeness (QED) is 0.303. The fraction of sp³-hybridized carbons (Fsp3) is 0.588. The van der Waals surface area contributed by atoms with Crippen molar-refractivity contribution in [2.75, 3.05) is 7.11 Å². The van der Waals surface area contributed by atoms with Crippen LogP contribution in [0.3, 0.4) is 0 Å². The smallest absolute Gasteiger partial charge is 0.248 e. The molecule has 0 radical (unpaired) electrons. The van der Waals surface area contributed by atoms with E-state index in [1.165, 1.54) is 26.4 Å². The number of methoxy groups -OCH3 is 1. The molecule has 0 aromatic heterocycles. The lowest BCUT2D eigenvalue weighted by Crippen LogP contribution is -2.32. The zero-order valence-corrected chi connectivity index (χ0v) is 13.1. The summed E-state index contributed by atoms with van der Waals surface area (Å²) in [5, 5.41) is 10.7. The summed E-state index contributed by atoms with van der Waals surface area (Å²) in [5.74, 6) is -0.291. The van der Waals surface area contributed by atoms with E-state index in [4.69, 9.17) is 4.74 Å². The van der Waals surface area contributed by atoms with Crippen LogP contribution < -0.4 is 0 Å². The van der Waals surface area contributed by atoms with Crippen molar-refractivity contribution in [1.29, 1.82) is 0 Å². The first-order chi connectivity index (χ1) is 10.2. The van der Waals surface area contributed by atoms with Crippen LogP contribution in [-0.4, -0.2) is 23.3 Å². The van der Waals surface area contributed by atoms with Gasteiger partial charge in [-0.05, 0) is 6.42 Å². The Morgan fingerprint density at radius 2 is 1.76 bits per heavy atom. The Morgan fingerprint density at radius 1 is 1.14 bits per heavy atom. The molecule has 4 nitrogen and oxygen atoms in total. The number of amides is 1. The molecule has 1 N–H and O–H groups in total. The number of unbranched alkanes of at least 4 members (excludes halogenated alkanes) is 5. The maximum atomic E-state index is 12.0. The van der Waals surface area contributed by atoms with Gasteiger partial charge < -0.3 is 4.74 Å². The van der Waals surface area contributed by atoms with Crippen LogP contribution in [0.4, 0.5) is 0 Å². The third-order valence-corrected chi connectivity index (χ3v) is 3.53. The Balaban J connectivity index is 2.38. The first kappa shape index (κ1) is 17.7. The molecule has 1 aromatic carbocycles. The van der Waals surface area contributed by atoms with E-state index in [-0.39, 0.29) is 5.91 Å². The summed E-state index contributed by atoms with van der Waals surface area (Å²) < 4.78 is 5.23. The Kier molecular flexibility index (Phi) is 8.71. The highest BCUT2D eigenvalue weighted by Gasteiger charge is 2.22. The molecule has 21 heavy (non-hydrogen) atoms. The Morgan fingerprint density at radius 3 is 2.38 bits per heavy atom. The van der Waals surface area contributed by atoms with Crippen LogP contribution in [0.15, 0.2) is 30.3 Å². The van der Waals surface area contributed by atoms with Gasteiger partial charge in [-0.3, -0.25) is 10.0 Å². The van der Waals surface area contributed by atoms with Crippen molar-refractivity contribution in [2.45, 2.75) is 58.1 Å². The van der Waals surface area contributed by atoms with Gasteiger partial charge in [0.15, 0.2) is 6.23 Å². The summed E-state index contributed by atoms with van der Waals surface area (Å²) in [6.07, 6.45) is 6.30. The minimum atomic E-state index is -0.737. The number of carbonyl (C=O) groups is 1. The molecule has 0 aliphatic carbocycles. The Hall–Kier alpha value is -1.39. The summed E-state index contributed by atoms with van der Waals surface area (Å²) in [7, 11) is 1.49. The van der Waals surface area contributed by atoms with Gasteiger partial charge in [0.2, 0.25) is 5.91 Å². The van der Waals surface area contributed by atoms with Gasteiger partial charge in [0.25, 0.3) is 0 Å². The highest BCUT2D eigenvalue weighted by atomic mass is 16.6. The van der Waals surface area contributed by atoms with Crippen LogP contribution in [0.5, 0.6) is 0 Å². The molecule has 4 heteroatoms. The summed E-state index contributed by atoms with van der Waals surface area (Å²) in [4.78, 5) is 12.0. The maximum absolute atomic E-state index is 12.0. The normalized spacial score (nSPS) is 12.1. The molecule has 1 unspecified atom stereocenters. The number of benzene rings is 1. The van der Waals surface area contributed by atoms with E-state index in [0.29, 0.717) is 11.5 Å². The molecule has 0 spiro atoms. The van der Waals surface area contributed by atoms with Gasteiger partial charge in [-0.25, -0.2) is 0 Å². The summed E-state index contributed by atoms with van der Waals surface area (Å²) in [6, 6.07) is 9.25. The van der Waals surface area contributed by atoms with E-state index in [2.05, 4.69) is 6.92 Å². The number of hydrogen-bond donors (Lipinski definition) is 1. The second kappa shape index (κ2) is 10.4. The molecular formula is C17H27NO3. The molecule has 0 bridgehead atoms. The van der Waals surface area contributed by atoms with Gasteiger partial charge in [-0.15, -0.1) is 0 Å². The molecule has 1 atom stereocenters. The van der Waals surface area contributed by atoms with Gasteiger partial charge in [0.1, 0.15) is 0 Å². The average Bonchev–Trinajstić information content (AvgIpc) is 2.52. The van der Waals surface area contributed by atoms with Crippen LogP contribution in [0.2, 0.25) is 0 Å². The molecule has 0 saturated carbocycles. The fourth-order valence-corrected chi connectivity index (χ4v) is 2.30. The first-order valence-electron chi connectivity index (χ1n) is 7.79. The van der Waals surface area contributed by atoms with E-state index < -0.39 is 6.23 Å². The minimum Gasteiger partial charge on any atom is -0.355 e. The third-order valence-electron chi connectivity index (χ3n) is 3.53. The predicted octanol–water partition coefficient (Wildman–Crippen LogP) is 4.30. The molecule has 1 amide bonds. The number of ether oxygens (including phenoxy) is 1. The third kappa shape index (κ3) is 6.27. The van der Waals surface area contributed by atoms with Crippen LogP contribution >= 0.6 is 0 Å². The maximum Gasteiger partial charge on any atom is 0.248 e. The first-order valence-corrected chi connectivity index (χ1v) is 7.79. The molecule has 0 aliphatic heterocycles. The lowest BCUT2D eigenvalue weighted by atomic mass is 10.1. The second-order valence-corrected chi connectivity index (χ2v) is 5.25. The topological polar surface area (TPSA) is 49.8 Å². The van der Waals surface area contributed by atoms with Crippen molar-refractivity contribution in [3.8, 4) is 0 Å². The summed E-state index contributed by atoms with van der Waals surface area (Å²) in [5.41, 5.74) is 0.763.